The van der Waals surface area contributed by atoms with Crippen LogP contribution in [0.3, 0.4) is 0 Å². The van der Waals surface area contributed by atoms with E-state index < -0.39 is 28.9 Å². The highest BCUT2D eigenvalue weighted by molar-refractivity contribution is 7.11. The maximum absolute atomic E-state index is 14.3. The van der Waals surface area contributed by atoms with Gasteiger partial charge >= 0.3 is 0 Å². The van der Waals surface area contributed by atoms with Crippen molar-refractivity contribution in [1.29, 1.82) is 0 Å². The largest absolute Gasteiger partial charge is 0.423 e. The van der Waals surface area contributed by atoms with Gasteiger partial charge in [0.15, 0.2) is 5.58 Å². The molecule has 1 spiro atoms. The molecule has 4 heterocycles. The molecule has 5 atom stereocenters. The van der Waals surface area contributed by atoms with Gasteiger partial charge in [0.25, 0.3) is 11.9 Å². The second-order valence-electron chi connectivity index (χ2n) is 15.4. The molecule has 52 heavy (non-hydrogen) atoms. The molecule has 2 saturated heterocycles. The first kappa shape index (κ1) is 37.9. The number of fused-ring (bicyclic) bond motifs is 1. The Kier molecular flexibility index (Phi) is 11.7. The number of oxazole rings is 1. The Hall–Kier alpha value is -3.81. The minimum Gasteiger partial charge on any atom is -0.423 e. The van der Waals surface area contributed by atoms with Gasteiger partial charge in [0.2, 0.25) is 11.8 Å². The molecule has 0 radical (unpaired) electrons. The number of likely N-dealkylation sites (N-methyl/N-ethyl adjacent to an activating group) is 1. The zero-order valence-electron chi connectivity index (χ0n) is 31.1. The molecule has 282 valence electrons. The summed E-state index contributed by atoms with van der Waals surface area (Å²) in [4.78, 5) is 54.0. The number of para-hydroxylation sites is 2. The molecule has 2 aromatic heterocycles. The Bertz CT molecular complexity index is 1700. The highest BCUT2D eigenvalue weighted by atomic mass is 32.1. The van der Waals surface area contributed by atoms with Gasteiger partial charge in [-0.1, -0.05) is 57.4 Å². The number of nitrogens with one attached hydrogen (secondary N) is 2. The lowest BCUT2D eigenvalue weighted by atomic mass is 9.71. The zero-order chi connectivity index (χ0) is 37.0. The molecule has 13 heteroatoms. The summed E-state index contributed by atoms with van der Waals surface area (Å²) in [6.07, 6.45) is 9.15. The number of aromatic nitrogens is 2. The topological polar surface area (TPSA) is 150 Å². The van der Waals surface area contributed by atoms with Gasteiger partial charge in [-0.2, -0.15) is 4.98 Å². The second-order valence-corrected chi connectivity index (χ2v) is 16.3. The standard InChI is InChI=1S/C39H54N6O6S/c1-6-27(7-2)16-25(3)28-12-14-38(22-46,15-13-28)23-50-26(4)33(35(48)40-5)43-34(47)29-18-44(36(49)32-17-41-24-52-32)19-39(29)20-45(21-39)37-42-30-10-8-9-11-31(30)51-37/h8-12,17,24-27,29,33,46H,6-7,13-16,18-23H2,1-5H3,(H,40,48)(H,43,47)/t25?,26-,29?,33?,38?/m1/s1. The summed E-state index contributed by atoms with van der Waals surface area (Å²) >= 11 is 1.27. The average molecular weight is 735 g/mol. The number of hydrogen-bond acceptors (Lipinski definition) is 10. The third kappa shape index (κ3) is 7.77. The van der Waals surface area contributed by atoms with Crippen molar-refractivity contribution in [1.82, 2.24) is 25.5 Å². The summed E-state index contributed by atoms with van der Waals surface area (Å²) in [5.74, 6) is -0.197. The van der Waals surface area contributed by atoms with Gasteiger partial charge in [-0.05, 0) is 56.6 Å². The summed E-state index contributed by atoms with van der Waals surface area (Å²) in [7, 11) is 1.54. The van der Waals surface area contributed by atoms with Gasteiger partial charge in [-0.15, -0.1) is 11.3 Å². The Morgan fingerprint density at radius 3 is 2.56 bits per heavy atom. The summed E-state index contributed by atoms with van der Waals surface area (Å²) in [6.45, 7) is 10.4. The number of anilines is 1. The number of aliphatic hydroxyl groups is 1. The van der Waals surface area contributed by atoms with E-state index in [1.165, 1.54) is 43.2 Å². The Morgan fingerprint density at radius 2 is 1.92 bits per heavy atom. The highest BCUT2D eigenvalue weighted by Crippen LogP contribution is 2.47. The Morgan fingerprint density at radius 1 is 1.15 bits per heavy atom. The summed E-state index contributed by atoms with van der Waals surface area (Å²) < 4.78 is 12.4. The molecule has 1 aromatic carbocycles. The van der Waals surface area contributed by atoms with Crippen molar-refractivity contribution >= 4 is 46.2 Å². The molecule has 4 unspecified atom stereocenters. The molecule has 3 N–H and O–H groups in total. The molecular weight excluding hydrogens is 681 g/mol. The second kappa shape index (κ2) is 16.1. The minimum atomic E-state index is -0.973. The molecule has 0 saturated carbocycles. The monoisotopic (exact) mass is 734 g/mol. The Balaban J connectivity index is 1.14. The van der Waals surface area contributed by atoms with E-state index in [0.29, 0.717) is 48.4 Å². The molecule has 3 amide bonds. The van der Waals surface area contributed by atoms with E-state index in [0.717, 1.165) is 24.3 Å². The van der Waals surface area contributed by atoms with Crippen LogP contribution in [0.2, 0.25) is 0 Å². The lowest BCUT2D eigenvalue weighted by molar-refractivity contribution is -0.137. The SMILES string of the molecule is CCC(CC)CC(C)C1=CCC(CO)(CO[C@H](C)C(NC(=O)C2CN(C(=O)c3cncs3)CC23CN(c2nc4ccccc4o2)C3)C(=O)NC)CC1. The predicted molar refractivity (Wildman–Crippen MR) is 201 cm³/mol. The van der Waals surface area contributed by atoms with Crippen molar-refractivity contribution < 1.29 is 28.6 Å². The fraction of sp³-hybridized carbons (Fsp3) is 0.615. The van der Waals surface area contributed by atoms with Crippen LogP contribution in [0.15, 0.2) is 52.0 Å². The lowest BCUT2D eigenvalue weighted by Crippen LogP contribution is -2.64. The molecule has 2 fully saturated rings. The number of ether oxygens (including phenoxy) is 1. The number of amides is 3. The van der Waals surface area contributed by atoms with E-state index in [1.54, 1.807) is 23.5 Å². The maximum Gasteiger partial charge on any atom is 0.298 e. The van der Waals surface area contributed by atoms with Gasteiger partial charge in [0, 0.05) is 44.1 Å². The number of hydrogen-bond donors (Lipinski definition) is 3. The molecular formula is C39H54N6O6S. The average Bonchev–Trinajstić information content (AvgIpc) is 3.93. The predicted octanol–water partition coefficient (Wildman–Crippen LogP) is 5.05. The van der Waals surface area contributed by atoms with E-state index in [2.05, 4.69) is 47.4 Å². The normalized spacial score (nSPS) is 23.0. The van der Waals surface area contributed by atoms with Crippen LogP contribution in [-0.4, -0.2) is 96.3 Å². The van der Waals surface area contributed by atoms with Crippen molar-refractivity contribution in [2.45, 2.75) is 78.4 Å². The molecule has 6 rings (SSSR count). The summed E-state index contributed by atoms with van der Waals surface area (Å²) in [6, 6.07) is 7.06. The van der Waals surface area contributed by atoms with E-state index in [-0.39, 0.29) is 37.5 Å². The maximum atomic E-state index is 14.3. The van der Waals surface area contributed by atoms with Crippen molar-refractivity contribution in [2.75, 3.05) is 51.3 Å². The first-order valence-corrected chi connectivity index (χ1v) is 19.6. The number of benzene rings is 1. The van der Waals surface area contributed by atoms with Crippen molar-refractivity contribution in [2.24, 2.45) is 28.6 Å². The smallest absolute Gasteiger partial charge is 0.298 e. The molecule has 12 nitrogen and oxygen atoms in total. The van der Waals surface area contributed by atoms with Crippen LogP contribution in [0.4, 0.5) is 6.01 Å². The van der Waals surface area contributed by atoms with Crippen LogP contribution >= 0.6 is 11.3 Å². The van der Waals surface area contributed by atoms with E-state index >= 15 is 0 Å². The fourth-order valence-corrected chi connectivity index (χ4v) is 8.93. The van der Waals surface area contributed by atoms with Gasteiger partial charge in [0.1, 0.15) is 16.4 Å². The number of thiazole rings is 1. The van der Waals surface area contributed by atoms with Gasteiger partial charge < -0.3 is 34.7 Å². The van der Waals surface area contributed by atoms with Crippen LogP contribution in [0.1, 0.15) is 75.9 Å². The number of rotatable bonds is 15. The van der Waals surface area contributed by atoms with E-state index in [1.807, 2.05) is 29.2 Å². The van der Waals surface area contributed by atoms with Crippen molar-refractivity contribution in [3.05, 3.63) is 52.5 Å². The third-order valence-corrected chi connectivity index (χ3v) is 12.7. The van der Waals surface area contributed by atoms with Gasteiger partial charge in [0.05, 0.1) is 36.9 Å². The number of aliphatic hydroxyl groups excluding tert-OH is 1. The van der Waals surface area contributed by atoms with Crippen molar-refractivity contribution in [3.8, 4) is 0 Å². The quantitative estimate of drug-likeness (QED) is 0.182. The zero-order valence-corrected chi connectivity index (χ0v) is 31.9. The van der Waals surface area contributed by atoms with Gasteiger partial charge in [-0.3, -0.25) is 19.4 Å². The van der Waals surface area contributed by atoms with Crippen LogP contribution in [0.5, 0.6) is 0 Å². The first-order chi connectivity index (χ1) is 25.0. The van der Waals surface area contributed by atoms with Crippen LogP contribution in [0, 0.1) is 28.6 Å². The molecule has 2 aliphatic heterocycles. The van der Waals surface area contributed by atoms with Crippen LogP contribution < -0.4 is 15.5 Å². The third-order valence-electron chi connectivity index (χ3n) is 12.0. The lowest BCUT2D eigenvalue weighted by Gasteiger charge is -2.49. The molecule has 3 aliphatic rings. The minimum absolute atomic E-state index is 0.0216. The van der Waals surface area contributed by atoms with Crippen molar-refractivity contribution in [3.63, 3.8) is 0 Å². The number of carbonyl (C=O) groups excluding carboxylic acids is 3. The van der Waals surface area contributed by atoms with E-state index in [4.69, 9.17) is 9.15 Å². The van der Waals surface area contributed by atoms with E-state index in [9.17, 15) is 19.5 Å². The van der Waals surface area contributed by atoms with Crippen LogP contribution in [0.25, 0.3) is 11.1 Å². The number of likely N-dealkylation sites (tertiary alicyclic amines) is 1. The Labute approximate surface area is 310 Å². The molecule has 3 aromatic rings. The molecule has 1 aliphatic carbocycles. The number of allylic oxidation sites excluding steroid dienone is 2. The molecule has 0 bridgehead atoms. The fourth-order valence-electron chi connectivity index (χ4n) is 8.34. The van der Waals surface area contributed by atoms with Crippen LogP contribution in [-0.2, 0) is 14.3 Å². The number of nitrogens with zero attached hydrogens (tertiary/aromatic N) is 4. The number of carbonyl (C=O) groups is 3. The first-order valence-electron chi connectivity index (χ1n) is 18.8. The summed E-state index contributed by atoms with van der Waals surface area (Å²) in [5.41, 5.74) is 3.50. The highest BCUT2D eigenvalue weighted by Gasteiger charge is 2.59. The summed E-state index contributed by atoms with van der Waals surface area (Å²) in [5, 5.41) is 16.3. The van der Waals surface area contributed by atoms with Gasteiger partial charge in [-0.25, -0.2) is 0 Å².